The van der Waals surface area contributed by atoms with Gasteiger partial charge in [0.05, 0.1) is 16.7 Å². The lowest BCUT2D eigenvalue weighted by Gasteiger charge is -2.30. The van der Waals surface area contributed by atoms with E-state index in [1.807, 2.05) is 13.8 Å². The highest BCUT2D eigenvalue weighted by Crippen LogP contribution is 2.43. The van der Waals surface area contributed by atoms with Gasteiger partial charge in [-0.05, 0) is 42.9 Å². The number of carbonyl (C=O) groups excluding carboxylic acids is 2. The van der Waals surface area contributed by atoms with Crippen molar-refractivity contribution < 1.29 is 22.8 Å². The molecule has 1 aromatic carbocycles. The van der Waals surface area contributed by atoms with Crippen LogP contribution in [0, 0.1) is 5.41 Å². The molecule has 0 saturated heterocycles. The maximum atomic E-state index is 13.8. The van der Waals surface area contributed by atoms with E-state index in [-0.39, 0.29) is 18.0 Å². The molecule has 0 aliphatic heterocycles. The molecule has 1 saturated carbocycles. The number of carbonyl (C=O) groups is 2. The topological polar surface area (TPSA) is 77.1 Å². The first-order valence-corrected chi connectivity index (χ1v) is 11.0. The Morgan fingerprint density at radius 1 is 1.16 bits per heavy atom. The zero-order valence-electron chi connectivity index (χ0n) is 18.3. The molecule has 0 atom stereocenters. The van der Waals surface area contributed by atoms with Crippen LogP contribution in [0.3, 0.4) is 0 Å². The summed E-state index contributed by atoms with van der Waals surface area (Å²) in [6.07, 6.45) is 2.04. The molecule has 5 nitrogen and oxygen atoms in total. The summed E-state index contributed by atoms with van der Waals surface area (Å²) < 4.78 is 42.8. The first kappa shape index (κ1) is 22.4. The molecule has 1 heterocycles. The van der Waals surface area contributed by atoms with Gasteiger partial charge < -0.3 is 15.6 Å². The highest BCUT2D eigenvalue weighted by Gasteiger charge is 2.43. The van der Waals surface area contributed by atoms with E-state index in [1.54, 1.807) is 12.1 Å². The van der Waals surface area contributed by atoms with E-state index in [9.17, 15) is 22.8 Å². The van der Waals surface area contributed by atoms with Gasteiger partial charge in [0.2, 0.25) is 0 Å². The van der Waals surface area contributed by atoms with Crippen LogP contribution in [0.1, 0.15) is 84.3 Å². The third-order valence-corrected chi connectivity index (χ3v) is 6.49. The van der Waals surface area contributed by atoms with Crippen LogP contribution in [0.4, 0.5) is 18.9 Å². The molecule has 0 spiro atoms. The number of benzene rings is 1. The molecule has 0 unspecified atom stereocenters. The molecule has 2 aliphatic rings. The van der Waals surface area contributed by atoms with Gasteiger partial charge in [-0.3, -0.25) is 9.59 Å². The lowest BCUT2D eigenvalue weighted by Crippen LogP contribution is -2.29. The number of nitrogens with two attached hydrogens (primary N) is 1. The summed E-state index contributed by atoms with van der Waals surface area (Å²) in [7, 11) is 0. The number of rotatable bonds is 4. The number of nitrogens with zero attached hydrogens (tertiary/aromatic N) is 1. The fourth-order valence-corrected chi connectivity index (χ4v) is 5.00. The number of nitrogens with one attached hydrogen (secondary N) is 1. The van der Waals surface area contributed by atoms with Crippen LogP contribution in [-0.4, -0.2) is 22.3 Å². The minimum absolute atomic E-state index is 0.0716. The van der Waals surface area contributed by atoms with Crippen molar-refractivity contribution in [2.45, 2.75) is 71.0 Å². The number of anilines is 1. The number of hydrogen-bond acceptors (Lipinski definition) is 3. The lowest BCUT2D eigenvalue weighted by molar-refractivity contribution is -0.137. The molecule has 2 aliphatic carbocycles. The van der Waals surface area contributed by atoms with Gasteiger partial charge in [0.1, 0.15) is 0 Å². The van der Waals surface area contributed by atoms with Crippen LogP contribution in [-0.2, 0) is 12.6 Å². The summed E-state index contributed by atoms with van der Waals surface area (Å²) in [4.78, 5) is 24.7. The van der Waals surface area contributed by atoms with Crippen molar-refractivity contribution in [3.63, 3.8) is 0 Å². The molecule has 1 aromatic heterocycles. The fraction of sp³-hybridized carbons (Fsp3) is 0.500. The molecule has 2 aromatic rings. The monoisotopic (exact) mass is 447 g/mol. The molecule has 1 amide bonds. The smallest absolute Gasteiger partial charge is 0.382 e. The van der Waals surface area contributed by atoms with E-state index in [1.165, 1.54) is 17.1 Å². The second-order valence-electron chi connectivity index (χ2n) is 9.75. The zero-order valence-corrected chi connectivity index (χ0v) is 18.3. The number of fused-ring (bicyclic) bond motifs is 1. The third-order valence-electron chi connectivity index (χ3n) is 6.49. The Morgan fingerprint density at radius 3 is 2.47 bits per heavy atom. The Kier molecular flexibility index (Phi) is 5.59. The van der Waals surface area contributed by atoms with Gasteiger partial charge in [0.25, 0.3) is 5.91 Å². The quantitative estimate of drug-likeness (QED) is 0.650. The number of ketones is 1. The van der Waals surface area contributed by atoms with E-state index >= 15 is 0 Å². The average Bonchev–Trinajstić information content (AvgIpc) is 3.07. The maximum Gasteiger partial charge on any atom is 0.418 e. The second-order valence-corrected chi connectivity index (χ2v) is 9.75. The van der Waals surface area contributed by atoms with Crippen molar-refractivity contribution in [1.82, 2.24) is 4.57 Å². The number of halogens is 3. The summed E-state index contributed by atoms with van der Waals surface area (Å²) >= 11 is 0. The van der Waals surface area contributed by atoms with Crippen LogP contribution in [0.15, 0.2) is 24.4 Å². The van der Waals surface area contributed by atoms with Gasteiger partial charge in [0.15, 0.2) is 5.78 Å². The number of amides is 1. The molecular weight excluding hydrogens is 419 g/mol. The third kappa shape index (κ3) is 4.27. The van der Waals surface area contributed by atoms with E-state index in [2.05, 4.69) is 5.32 Å². The summed E-state index contributed by atoms with van der Waals surface area (Å²) in [6.45, 7) is 3.76. The van der Waals surface area contributed by atoms with Crippen LogP contribution < -0.4 is 11.1 Å². The minimum atomic E-state index is -4.64. The highest BCUT2D eigenvalue weighted by molar-refractivity contribution is 6.01. The van der Waals surface area contributed by atoms with Gasteiger partial charge in [-0.1, -0.05) is 33.1 Å². The second kappa shape index (κ2) is 7.98. The van der Waals surface area contributed by atoms with Gasteiger partial charge in [-0.2, -0.15) is 13.2 Å². The minimum Gasteiger partial charge on any atom is -0.382 e. The highest BCUT2D eigenvalue weighted by atomic mass is 19.4. The Bertz CT molecular complexity index is 1060. The molecule has 3 N–H and O–H groups in total. The van der Waals surface area contributed by atoms with Crippen molar-refractivity contribution >= 4 is 17.4 Å². The molecule has 8 heteroatoms. The largest absolute Gasteiger partial charge is 0.418 e. The van der Waals surface area contributed by atoms with Gasteiger partial charge in [-0.25, -0.2) is 0 Å². The Morgan fingerprint density at radius 2 is 1.84 bits per heavy atom. The summed E-state index contributed by atoms with van der Waals surface area (Å²) in [6, 6.07) is 4.97. The van der Waals surface area contributed by atoms with Crippen molar-refractivity contribution in [2.75, 3.05) is 5.32 Å². The van der Waals surface area contributed by atoms with Gasteiger partial charge >= 0.3 is 6.18 Å². The van der Waals surface area contributed by atoms with Crippen molar-refractivity contribution in [3.05, 3.63) is 46.8 Å². The molecule has 0 radical (unpaired) electrons. The number of primary amides is 1. The number of aromatic nitrogens is 1. The van der Waals surface area contributed by atoms with Crippen LogP contribution in [0.25, 0.3) is 5.69 Å². The lowest BCUT2D eigenvalue weighted by atomic mass is 9.75. The van der Waals surface area contributed by atoms with Crippen molar-refractivity contribution in [1.29, 1.82) is 0 Å². The number of alkyl halides is 3. The van der Waals surface area contributed by atoms with Gasteiger partial charge in [-0.15, -0.1) is 0 Å². The van der Waals surface area contributed by atoms with E-state index in [0.29, 0.717) is 29.1 Å². The maximum absolute atomic E-state index is 13.8. The first-order valence-electron chi connectivity index (χ1n) is 11.0. The standard InChI is InChI=1S/C24H28F3N3O2/c1-23(2)11-19-21(20(31)12-23)17(24(25,26)27)13-30(19)15-8-9-16(22(28)32)18(10-15)29-14-6-4-3-5-7-14/h8-10,13-14,29H,3-7,11-12H2,1-2H3,(H2,28,32). The summed E-state index contributed by atoms with van der Waals surface area (Å²) in [5.74, 6) is -1.09. The zero-order chi connectivity index (χ0) is 23.3. The molecule has 172 valence electrons. The molecule has 1 fully saturated rings. The number of Topliss-reactive ketones (excluding diaryl/α,β-unsaturated/α-hetero) is 1. The Balaban J connectivity index is 1.83. The van der Waals surface area contributed by atoms with E-state index < -0.39 is 28.8 Å². The predicted octanol–water partition coefficient (Wildman–Crippen LogP) is 5.49. The molecule has 0 bridgehead atoms. The fourth-order valence-electron chi connectivity index (χ4n) is 5.00. The molecular formula is C24H28F3N3O2. The Hall–Kier alpha value is -2.77. The average molecular weight is 448 g/mol. The number of hydrogen-bond donors (Lipinski definition) is 2. The SMILES string of the molecule is CC1(C)CC(=O)c2c(C(F)(F)F)cn(-c3ccc(C(N)=O)c(NC4CCCCC4)c3)c2C1. The normalized spacial score (nSPS) is 19.0. The van der Waals surface area contributed by atoms with Crippen LogP contribution in [0.5, 0.6) is 0 Å². The van der Waals surface area contributed by atoms with Crippen molar-refractivity contribution in [2.24, 2.45) is 11.1 Å². The van der Waals surface area contributed by atoms with Crippen LogP contribution >= 0.6 is 0 Å². The van der Waals surface area contributed by atoms with Crippen LogP contribution in [0.2, 0.25) is 0 Å². The molecule has 4 rings (SSSR count). The van der Waals surface area contributed by atoms with Gasteiger partial charge in [0, 0.05) is 35.7 Å². The molecule has 32 heavy (non-hydrogen) atoms. The predicted molar refractivity (Wildman–Crippen MR) is 116 cm³/mol. The Labute approximate surface area is 185 Å². The van der Waals surface area contributed by atoms with Crippen molar-refractivity contribution in [3.8, 4) is 5.69 Å². The van der Waals surface area contributed by atoms with E-state index in [0.717, 1.165) is 31.9 Å². The van der Waals surface area contributed by atoms with E-state index in [4.69, 9.17) is 5.73 Å². The summed E-state index contributed by atoms with van der Waals surface area (Å²) in [5, 5.41) is 3.38. The summed E-state index contributed by atoms with van der Waals surface area (Å²) in [5.41, 5.74) is 5.59. The first-order chi connectivity index (χ1) is 15.0.